The predicted octanol–water partition coefficient (Wildman–Crippen LogP) is 3.83. The molecule has 2 heterocycles. The number of nitrogens with one attached hydrogen (secondary N) is 1. The van der Waals surface area contributed by atoms with E-state index in [9.17, 15) is 14.0 Å². The lowest BCUT2D eigenvalue weighted by molar-refractivity contribution is 0.0602. The highest BCUT2D eigenvalue weighted by Gasteiger charge is 2.21. The maximum Gasteiger partial charge on any atom is 0.340 e. The summed E-state index contributed by atoms with van der Waals surface area (Å²) in [6.45, 7) is 0. The number of hydrogen-bond acceptors (Lipinski definition) is 6. The van der Waals surface area contributed by atoms with Gasteiger partial charge in [-0.25, -0.2) is 14.2 Å². The third-order valence-corrected chi connectivity index (χ3v) is 5.01. The molecule has 0 aliphatic carbocycles. The average molecular weight is 391 g/mol. The Morgan fingerprint density at radius 2 is 2.00 bits per heavy atom. The van der Waals surface area contributed by atoms with Crippen molar-refractivity contribution in [3.8, 4) is 5.69 Å². The standard InChI is InChI=1S/C17H14FN3O3S2/c1-24-16(23)12-7-8-26-15(12)20-14(22)13-9-19-17(25-2)21(13)11-5-3-10(18)4-6-11/h3-9H,1-2H3,(H,20,22). The van der Waals surface area contributed by atoms with Gasteiger partial charge < -0.3 is 10.1 Å². The first-order chi connectivity index (χ1) is 12.5. The number of ether oxygens (including phenoxy) is 1. The number of amides is 1. The van der Waals surface area contributed by atoms with Crippen molar-refractivity contribution in [2.75, 3.05) is 18.7 Å². The topological polar surface area (TPSA) is 73.2 Å². The van der Waals surface area contributed by atoms with E-state index in [1.165, 1.54) is 48.5 Å². The molecule has 0 aliphatic rings. The van der Waals surface area contributed by atoms with Gasteiger partial charge in [0.05, 0.1) is 18.9 Å². The average Bonchev–Trinajstić information content (AvgIpc) is 3.28. The van der Waals surface area contributed by atoms with Gasteiger partial charge in [0.25, 0.3) is 5.91 Å². The number of anilines is 1. The summed E-state index contributed by atoms with van der Waals surface area (Å²) in [6, 6.07) is 7.35. The van der Waals surface area contributed by atoms with Gasteiger partial charge in [-0.15, -0.1) is 11.3 Å². The maximum atomic E-state index is 13.2. The lowest BCUT2D eigenvalue weighted by Gasteiger charge is -2.11. The molecule has 0 saturated heterocycles. The number of thioether (sulfide) groups is 1. The zero-order chi connectivity index (χ0) is 18.7. The number of rotatable bonds is 5. The van der Waals surface area contributed by atoms with Gasteiger partial charge in [-0.3, -0.25) is 9.36 Å². The molecule has 0 atom stereocenters. The summed E-state index contributed by atoms with van der Waals surface area (Å²) >= 11 is 2.57. The molecule has 0 aliphatic heterocycles. The number of esters is 1. The van der Waals surface area contributed by atoms with Gasteiger partial charge in [-0.2, -0.15) is 0 Å². The first-order valence-corrected chi connectivity index (χ1v) is 9.50. The Hall–Kier alpha value is -2.65. The Morgan fingerprint density at radius 3 is 2.65 bits per heavy atom. The zero-order valence-electron chi connectivity index (χ0n) is 13.9. The van der Waals surface area contributed by atoms with Crippen LogP contribution < -0.4 is 5.32 Å². The summed E-state index contributed by atoms with van der Waals surface area (Å²) in [5, 5.41) is 5.38. The Bertz CT molecular complexity index is 951. The number of benzene rings is 1. The number of carbonyl (C=O) groups is 2. The zero-order valence-corrected chi connectivity index (χ0v) is 15.5. The fraction of sp³-hybridized carbons (Fsp3) is 0.118. The Labute approximate surface area is 157 Å². The number of hydrogen-bond donors (Lipinski definition) is 1. The highest BCUT2D eigenvalue weighted by atomic mass is 32.2. The van der Waals surface area contributed by atoms with Crippen LogP contribution >= 0.6 is 23.1 Å². The summed E-state index contributed by atoms with van der Waals surface area (Å²) in [6.07, 6.45) is 3.27. The van der Waals surface area contributed by atoms with Crippen LogP contribution in [-0.4, -0.2) is 34.8 Å². The second-order valence-corrected chi connectivity index (χ2v) is 6.74. The quantitative estimate of drug-likeness (QED) is 0.529. The fourth-order valence-corrected chi connectivity index (χ4v) is 3.64. The first kappa shape index (κ1) is 18.2. The predicted molar refractivity (Wildman–Crippen MR) is 98.9 cm³/mol. The Balaban J connectivity index is 1.96. The van der Waals surface area contributed by atoms with E-state index in [1.807, 2.05) is 6.26 Å². The minimum absolute atomic E-state index is 0.269. The van der Waals surface area contributed by atoms with Crippen LogP contribution in [0, 0.1) is 5.82 Å². The van der Waals surface area contributed by atoms with Gasteiger partial charge >= 0.3 is 5.97 Å². The summed E-state index contributed by atoms with van der Waals surface area (Å²) in [5.41, 5.74) is 1.16. The van der Waals surface area contributed by atoms with Crippen LogP contribution in [0.2, 0.25) is 0 Å². The molecule has 0 bridgehead atoms. The van der Waals surface area contributed by atoms with E-state index in [2.05, 4.69) is 10.3 Å². The maximum absolute atomic E-state index is 13.2. The van der Waals surface area contributed by atoms with Gasteiger partial charge in [0.2, 0.25) is 0 Å². The van der Waals surface area contributed by atoms with Crippen molar-refractivity contribution >= 4 is 40.0 Å². The third-order valence-electron chi connectivity index (χ3n) is 3.53. The van der Waals surface area contributed by atoms with Crippen LogP contribution in [0.5, 0.6) is 0 Å². The fourth-order valence-electron chi connectivity index (χ4n) is 2.32. The van der Waals surface area contributed by atoms with Crippen LogP contribution in [0.25, 0.3) is 5.69 Å². The first-order valence-electron chi connectivity index (χ1n) is 7.40. The molecule has 0 saturated carbocycles. The van der Waals surface area contributed by atoms with E-state index in [4.69, 9.17) is 4.74 Å². The number of thiophene rings is 1. The smallest absolute Gasteiger partial charge is 0.340 e. The monoisotopic (exact) mass is 391 g/mol. The molecule has 1 amide bonds. The number of halogens is 1. The summed E-state index contributed by atoms with van der Waals surface area (Å²) < 4.78 is 19.6. The third kappa shape index (κ3) is 3.49. The largest absolute Gasteiger partial charge is 0.465 e. The van der Waals surface area contributed by atoms with Gasteiger partial charge in [-0.05, 0) is 42.0 Å². The molecule has 9 heteroatoms. The van der Waals surface area contributed by atoms with E-state index < -0.39 is 11.9 Å². The van der Waals surface area contributed by atoms with E-state index >= 15 is 0 Å². The summed E-state index contributed by atoms with van der Waals surface area (Å²) in [7, 11) is 1.28. The van der Waals surface area contributed by atoms with Gasteiger partial charge in [-0.1, -0.05) is 11.8 Å². The molecule has 6 nitrogen and oxygen atoms in total. The van der Waals surface area contributed by atoms with Crippen LogP contribution in [0.4, 0.5) is 9.39 Å². The molecule has 1 N–H and O–H groups in total. The highest BCUT2D eigenvalue weighted by Crippen LogP contribution is 2.26. The van der Waals surface area contributed by atoms with Crippen molar-refractivity contribution in [1.82, 2.24) is 9.55 Å². The van der Waals surface area contributed by atoms with Crippen LogP contribution in [0.1, 0.15) is 20.8 Å². The molecule has 134 valence electrons. The normalized spacial score (nSPS) is 10.6. The minimum Gasteiger partial charge on any atom is -0.465 e. The second kappa shape index (κ2) is 7.71. The number of imidazole rings is 1. The van der Waals surface area contributed by atoms with Crippen molar-refractivity contribution in [1.29, 1.82) is 0 Å². The van der Waals surface area contributed by atoms with Gasteiger partial charge in [0.15, 0.2) is 5.16 Å². The lowest BCUT2D eigenvalue weighted by atomic mass is 10.3. The molecule has 2 aromatic heterocycles. The van der Waals surface area contributed by atoms with Crippen LogP contribution in [0.3, 0.4) is 0 Å². The molecular weight excluding hydrogens is 377 g/mol. The number of methoxy groups -OCH3 is 1. The van der Waals surface area contributed by atoms with Crippen molar-refractivity contribution in [3.05, 3.63) is 59.0 Å². The van der Waals surface area contributed by atoms with Crippen molar-refractivity contribution in [2.45, 2.75) is 5.16 Å². The SMILES string of the molecule is COC(=O)c1ccsc1NC(=O)c1cnc(SC)n1-c1ccc(F)cc1. The van der Waals surface area contributed by atoms with E-state index in [-0.39, 0.29) is 17.1 Å². The van der Waals surface area contributed by atoms with Crippen molar-refractivity contribution in [2.24, 2.45) is 0 Å². The number of aromatic nitrogens is 2. The molecule has 1 aromatic carbocycles. The highest BCUT2D eigenvalue weighted by molar-refractivity contribution is 7.98. The molecule has 3 aromatic rings. The van der Waals surface area contributed by atoms with E-state index in [0.717, 1.165) is 0 Å². The van der Waals surface area contributed by atoms with Crippen molar-refractivity contribution < 1.29 is 18.7 Å². The van der Waals surface area contributed by atoms with E-state index in [1.54, 1.807) is 28.1 Å². The van der Waals surface area contributed by atoms with Crippen LogP contribution in [-0.2, 0) is 4.74 Å². The van der Waals surface area contributed by atoms with Crippen molar-refractivity contribution in [3.63, 3.8) is 0 Å². The molecular formula is C17H14FN3O3S2. The molecule has 26 heavy (non-hydrogen) atoms. The van der Waals surface area contributed by atoms with E-state index in [0.29, 0.717) is 15.8 Å². The Morgan fingerprint density at radius 1 is 1.27 bits per heavy atom. The van der Waals surface area contributed by atoms with Gasteiger partial charge in [0.1, 0.15) is 16.5 Å². The molecule has 0 spiro atoms. The molecule has 0 fully saturated rings. The molecule has 0 unspecified atom stereocenters. The summed E-state index contributed by atoms with van der Waals surface area (Å²) in [4.78, 5) is 28.8. The Kier molecular flexibility index (Phi) is 5.38. The van der Waals surface area contributed by atoms with Gasteiger partial charge in [0, 0.05) is 5.69 Å². The minimum atomic E-state index is -0.529. The van der Waals surface area contributed by atoms with Crippen LogP contribution in [0.15, 0.2) is 47.1 Å². The number of carbonyl (C=O) groups excluding carboxylic acids is 2. The molecule has 3 rings (SSSR count). The number of nitrogens with zero attached hydrogens (tertiary/aromatic N) is 2. The second-order valence-electron chi connectivity index (χ2n) is 5.05. The summed E-state index contributed by atoms with van der Waals surface area (Å²) in [5.74, 6) is -1.33. The lowest BCUT2D eigenvalue weighted by Crippen LogP contribution is -2.17. The molecule has 0 radical (unpaired) electrons.